The fourth-order valence-corrected chi connectivity index (χ4v) is 2.04. The van der Waals surface area contributed by atoms with Crippen LogP contribution >= 0.6 is 11.6 Å². The number of nitrogen functional groups attached to an aromatic ring is 1. The number of hydrogen-bond acceptors (Lipinski definition) is 3. The zero-order chi connectivity index (χ0) is 15.2. The van der Waals surface area contributed by atoms with Gasteiger partial charge < -0.3 is 21.1 Å². The first kappa shape index (κ1) is 15.0. The standard InChI is InChI=1S/C15H16ClN3O2/c1-21-14-4-2-3-13(16)12(14)9-18-15(20)19-11-7-5-10(17)6-8-11/h2-8H,9,17H2,1H3,(H2,18,19,20). The van der Waals surface area contributed by atoms with Crippen molar-refractivity contribution in [1.29, 1.82) is 0 Å². The summed E-state index contributed by atoms with van der Waals surface area (Å²) in [4.78, 5) is 11.8. The second kappa shape index (κ2) is 6.85. The Bertz CT molecular complexity index is 629. The predicted molar refractivity (Wildman–Crippen MR) is 84.7 cm³/mol. The van der Waals surface area contributed by atoms with Gasteiger partial charge >= 0.3 is 6.03 Å². The first-order valence-corrected chi connectivity index (χ1v) is 6.69. The number of carbonyl (C=O) groups is 1. The molecule has 4 N–H and O–H groups in total. The molecule has 0 saturated carbocycles. The van der Waals surface area contributed by atoms with Crippen LogP contribution in [0.4, 0.5) is 16.2 Å². The molecule has 0 heterocycles. The van der Waals surface area contributed by atoms with Gasteiger partial charge in [0.25, 0.3) is 0 Å². The van der Waals surface area contributed by atoms with Gasteiger partial charge in [-0.1, -0.05) is 17.7 Å². The summed E-state index contributed by atoms with van der Waals surface area (Å²) < 4.78 is 5.22. The van der Waals surface area contributed by atoms with Crippen molar-refractivity contribution < 1.29 is 9.53 Å². The van der Waals surface area contributed by atoms with E-state index < -0.39 is 0 Å². The van der Waals surface area contributed by atoms with Crippen molar-refractivity contribution in [2.24, 2.45) is 0 Å². The van der Waals surface area contributed by atoms with E-state index in [0.717, 1.165) is 5.56 Å². The number of nitrogens with two attached hydrogens (primary N) is 1. The summed E-state index contributed by atoms with van der Waals surface area (Å²) in [6.45, 7) is 0.268. The quantitative estimate of drug-likeness (QED) is 0.759. The van der Waals surface area contributed by atoms with Crippen LogP contribution in [-0.2, 0) is 6.54 Å². The van der Waals surface area contributed by atoms with Crippen LogP contribution in [0.1, 0.15) is 5.56 Å². The van der Waals surface area contributed by atoms with Gasteiger partial charge in [0.1, 0.15) is 5.75 Å². The maximum atomic E-state index is 11.8. The molecule has 2 aromatic rings. The summed E-state index contributed by atoms with van der Waals surface area (Å²) in [6, 6.07) is 11.9. The number of nitrogens with one attached hydrogen (secondary N) is 2. The Morgan fingerprint density at radius 2 is 1.95 bits per heavy atom. The number of benzene rings is 2. The summed E-state index contributed by atoms with van der Waals surface area (Å²) in [6.07, 6.45) is 0. The summed E-state index contributed by atoms with van der Waals surface area (Å²) in [7, 11) is 1.56. The molecule has 0 spiro atoms. The predicted octanol–water partition coefficient (Wildman–Crippen LogP) is 3.25. The van der Waals surface area contributed by atoms with Crippen LogP contribution < -0.4 is 21.1 Å². The highest BCUT2D eigenvalue weighted by molar-refractivity contribution is 6.31. The maximum Gasteiger partial charge on any atom is 0.319 e. The van der Waals surface area contributed by atoms with E-state index in [1.807, 2.05) is 0 Å². The van der Waals surface area contributed by atoms with Gasteiger partial charge in [0.15, 0.2) is 0 Å². The van der Waals surface area contributed by atoms with Gasteiger partial charge in [-0.2, -0.15) is 0 Å². The lowest BCUT2D eigenvalue weighted by Crippen LogP contribution is -2.28. The van der Waals surface area contributed by atoms with Crippen LogP contribution in [0.5, 0.6) is 5.75 Å². The smallest absolute Gasteiger partial charge is 0.319 e. The molecule has 0 aromatic heterocycles. The molecule has 0 bridgehead atoms. The van der Waals surface area contributed by atoms with Crippen LogP contribution in [0.15, 0.2) is 42.5 Å². The van der Waals surface area contributed by atoms with Crippen LogP contribution in [-0.4, -0.2) is 13.1 Å². The average molecular weight is 306 g/mol. The lowest BCUT2D eigenvalue weighted by atomic mass is 10.2. The molecule has 0 fully saturated rings. The SMILES string of the molecule is COc1cccc(Cl)c1CNC(=O)Nc1ccc(N)cc1. The van der Waals surface area contributed by atoms with Gasteiger partial charge in [-0.05, 0) is 36.4 Å². The molecular weight excluding hydrogens is 290 g/mol. The topological polar surface area (TPSA) is 76.4 Å². The van der Waals surface area contributed by atoms with Crippen LogP contribution in [0, 0.1) is 0 Å². The van der Waals surface area contributed by atoms with E-state index in [-0.39, 0.29) is 12.6 Å². The minimum absolute atomic E-state index is 0.268. The molecule has 21 heavy (non-hydrogen) atoms. The zero-order valence-corrected chi connectivity index (χ0v) is 12.3. The molecule has 2 aromatic carbocycles. The Morgan fingerprint density at radius 1 is 1.24 bits per heavy atom. The van der Waals surface area contributed by atoms with E-state index in [4.69, 9.17) is 22.1 Å². The molecular formula is C15H16ClN3O2. The van der Waals surface area contributed by atoms with Crippen molar-refractivity contribution in [1.82, 2.24) is 5.32 Å². The minimum atomic E-state index is -0.332. The molecule has 0 atom stereocenters. The molecule has 2 amide bonds. The molecule has 2 rings (SSSR count). The van der Waals surface area contributed by atoms with E-state index in [9.17, 15) is 4.79 Å². The first-order chi connectivity index (χ1) is 10.1. The zero-order valence-electron chi connectivity index (χ0n) is 11.5. The number of anilines is 2. The Kier molecular flexibility index (Phi) is 4.90. The van der Waals surface area contributed by atoms with E-state index in [0.29, 0.717) is 22.1 Å². The second-order valence-corrected chi connectivity index (χ2v) is 4.76. The first-order valence-electron chi connectivity index (χ1n) is 6.32. The van der Waals surface area contributed by atoms with Gasteiger partial charge in [-0.3, -0.25) is 0 Å². The van der Waals surface area contributed by atoms with Crippen LogP contribution in [0.2, 0.25) is 5.02 Å². The van der Waals surface area contributed by atoms with Crippen molar-refractivity contribution in [3.8, 4) is 5.75 Å². The monoisotopic (exact) mass is 305 g/mol. The Hall–Kier alpha value is -2.40. The molecule has 0 aliphatic heterocycles. The number of amides is 2. The molecule has 0 unspecified atom stereocenters. The number of ether oxygens (including phenoxy) is 1. The van der Waals surface area contributed by atoms with E-state index in [2.05, 4.69) is 10.6 Å². The highest BCUT2D eigenvalue weighted by Crippen LogP contribution is 2.25. The average Bonchev–Trinajstić information content (AvgIpc) is 2.48. The van der Waals surface area contributed by atoms with Crippen LogP contribution in [0.3, 0.4) is 0 Å². The van der Waals surface area contributed by atoms with Crippen molar-refractivity contribution in [2.75, 3.05) is 18.2 Å². The lowest BCUT2D eigenvalue weighted by Gasteiger charge is -2.12. The van der Waals surface area contributed by atoms with Gasteiger partial charge in [0.05, 0.1) is 7.11 Å². The van der Waals surface area contributed by atoms with Crippen molar-refractivity contribution in [3.05, 3.63) is 53.1 Å². The number of carbonyl (C=O) groups excluding carboxylic acids is 1. The molecule has 0 aliphatic rings. The fourth-order valence-electron chi connectivity index (χ4n) is 1.81. The largest absolute Gasteiger partial charge is 0.496 e. The molecule has 0 radical (unpaired) electrons. The molecule has 0 aliphatic carbocycles. The lowest BCUT2D eigenvalue weighted by molar-refractivity contribution is 0.251. The highest BCUT2D eigenvalue weighted by Gasteiger charge is 2.09. The second-order valence-electron chi connectivity index (χ2n) is 4.35. The van der Waals surface area contributed by atoms with Crippen LogP contribution in [0.25, 0.3) is 0 Å². The van der Waals surface area contributed by atoms with Gasteiger partial charge in [0, 0.05) is 28.5 Å². The third-order valence-corrected chi connectivity index (χ3v) is 3.24. The molecule has 0 saturated heterocycles. The number of methoxy groups -OCH3 is 1. The Balaban J connectivity index is 1.97. The Labute approximate surface area is 128 Å². The van der Waals surface area contributed by atoms with Crippen molar-refractivity contribution in [2.45, 2.75) is 6.54 Å². The molecule has 5 nitrogen and oxygen atoms in total. The summed E-state index contributed by atoms with van der Waals surface area (Å²) in [5.74, 6) is 0.635. The van der Waals surface area contributed by atoms with E-state index >= 15 is 0 Å². The fraction of sp³-hybridized carbons (Fsp3) is 0.133. The normalized spacial score (nSPS) is 10.0. The van der Waals surface area contributed by atoms with E-state index in [1.165, 1.54) is 0 Å². The van der Waals surface area contributed by atoms with E-state index in [1.54, 1.807) is 49.6 Å². The molecule has 6 heteroatoms. The number of hydrogen-bond donors (Lipinski definition) is 3. The Morgan fingerprint density at radius 3 is 2.62 bits per heavy atom. The summed E-state index contributed by atoms with van der Waals surface area (Å²) in [5.41, 5.74) is 7.62. The summed E-state index contributed by atoms with van der Waals surface area (Å²) in [5, 5.41) is 5.98. The number of halogens is 1. The number of rotatable bonds is 4. The minimum Gasteiger partial charge on any atom is -0.496 e. The van der Waals surface area contributed by atoms with Crippen molar-refractivity contribution >= 4 is 29.0 Å². The van der Waals surface area contributed by atoms with Crippen molar-refractivity contribution in [3.63, 3.8) is 0 Å². The maximum absolute atomic E-state index is 11.8. The summed E-state index contributed by atoms with van der Waals surface area (Å²) >= 11 is 6.10. The third kappa shape index (κ3) is 4.03. The van der Waals surface area contributed by atoms with Gasteiger partial charge in [-0.25, -0.2) is 4.79 Å². The van der Waals surface area contributed by atoms with Gasteiger partial charge in [0.2, 0.25) is 0 Å². The molecule has 110 valence electrons. The third-order valence-electron chi connectivity index (χ3n) is 2.89. The number of urea groups is 1. The highest BCUT2D eigenvalue weighted by atomic mass is 35.5. The van der Waals surface area contributed by atoms with Gasteiger partial charge in [-0.15, -0.1) is 0 Å².